The molecule has 0 saturated heterocycles. The minimum Gasteiger partial charge on any atom is -0.484 e. The van der Waals surface area contributed by atoms with Crippen LogP contribution in [0.2, 0.25) is 5.02 Å². The lowest BCUT2D eigenvalue weighted by Crippen LogP contribution is -2.28. The van der Waals surface area contributed by atoms with Crippen LogP contribution in [-0.4, -0.2) is 18.4 Å². The van der Waals surface area contributed by atoms with Crippen molar-refractivity contribution in [3.8, 4) is 5.75 Å². The lowest BCUT2D eigenvalue weighted by Gasteiger charge is -2.10. The molecule has 2 amide bonds. The van der Waals surface area contributed by atoms with E-state index in [1.165, 1.54) is 0 Å². The lowest BCUT2D eigenvalue weighted by atomic mass is 10.1. The van der Waals surface area contributed by atoms with Crippen LogP contribution in [0.1, 0.15) is 19.4 Å². The van der Waals surface area contributed by atoms with Gasteiger partial charge in [0.25, 0.3) is 5.91 Å². The largest absolute Gasteiger partial charge is 0.484 e. The van der Waals surface area contributed by atoms with Crippen LogP contribution in [0.15, 0.2) is 48.5 Å². The molecule has 6 heteroatoms. The average molecular weight is 361 g/mol. The van der Waals surface area contributed by atoms with Crippen molar-refractivity contribution in [1.82, 2.24) is 5.32 Å². The van der Waals surface area contributed by atoms with E-state index in [0.717, 1.165) is 11.3 Å². The Kier molecular flexibility index (Phi) is 6.83. The predicted molar refractivity (Wildman–Crippen MR) is 98.7 cm³/mol. The molecule has 0 radical (unpaired) electrons. The topological polar surface area (TPSA) is 67.4 Å². The summed E-state index contributed by atoms with van der Waals surface area (Å²) in [4.78, 5) is 23.5. The molecule has 0 aromatic heterocycles. The molecule has 2 N–H and O–H groups in total. The number of halogens is 1. The number of rotatable bonds is 7. The van der Waals surface area contributed by atoms with E-state index in [2.05, 4.69) is 10.6 Å². The molecule has 132 valence electrons. The summed E-state index contributed by atoms with van der Waals surface area (Å²) >= 11 is 5.79. The maximum absolute atomic E-state index is 11.8. The van der Waals surface area contributed by atoms with E-state index in [1.807, 2.05) is 38.1 Å². The van der Waals surface area contributed by atoms with Crippen molar-refractivity contribution in [2.75, 3.05) is 11.9 Å². The van der Waals surface area contributed by atoms with Gasteiger partial charge < -0.3 is 15.4 Å². The van der Waals surface area contributed by atoms with E-state index < -0.39 is 0 Å². The van der Waals surface area contributed by atoms with Gasteiger partial charge in [-0.05, 0) is 42.0 Å². The monoisotopic (exact) mass is 360 g/mol. The lowest BCUT2D eigenvalue weighted by molar-refractivity contribution is -0.123. The fourth-order valence-corrected chi connectivity index (χ4v) is 2.05. The highest BCUT2D eigenvalue weighted by atomic mass is 35.5. The first-order valence-electron chi connectivity index (χ1n) is 7.99. The number of nitrogens with one attached hydrogen (secondary N) is 2. The van der Waals surface area contributed by atoms with Gasteiger partial charge in [0.05, 0.1) is 0 Å². The summed E-state index contributed by atoms with van der Waals surface area (Å²) in [5.41, 5.74) is 1.67. The van der Waals surface area contributed by atoms with Crippen LogP contribution in [0.5, 0.6) is 5.75 Å². The van der Waals surface area contributed by atoms with Gasteiger partial charge in [0.15, 0.2) is 6.61 Å². The molecule has 0 aliphatic carbocycles. The van der Waals surface area contributed by atoms with E-state index in [0.29, 0.717) is 17.3 Å². The fraction of sp³-hybridized carbons (Fsp3) is 0.263. The van der Waals surface area contributed by atoms with Crippen LogP contribution in [0.25, 0.3) is 0 Å². The summed E-state index contributed by atoms with van der Waals surface area (Å²) in [7, 11) is 0. The van der Waals surface area contributed by atoms with Crippen molar-refractivity contribution in [2.24, 2.45) is 5.92 Å². The minimum absolute atomic E-state index is 0.0274. The Balaban J connectivity index is 1.75. The standard InChI is InChI=1S/C19H21ClN2O3/c1-13(2)19(24)22-16-7-3-14(4-8-16)11-21-18(23)12-25-17-9-5-15(20)6-10-17/h3-10,13H,11-12H2,1-2H3,(H,21,23)(H,22,24). The third-order valence-corrected chi connectivity index (χ3v) is 3.67. The predicted octanol–water partition coefficient (Wildman–Crippen LogP) is 3.63. The first-order chi connectivity index (χ1) is 11.9. The molecule has 0 aliphatic rings. The minimum atomic E-state index is -0.216. The normalized spacial score (nSPS) is 10.4. The molecule has 0 saturated carbocycles. The van der Waals surface area contributed by atoms with Crippen molar-refractivity contribution in [3.05, 3.63) is 59.1 Å². The summed E-state index contributed by atoms with van der Waals surface area (Å²) in [6, 6.07) is 14.2. The molecule has 0 aliphatic heterocycles. The van der Waals surface area contributed by atoms with Crippen molar-refractivity contribution < 1.29 is 14.3 Å². The Hall–Kier alpha value is -2.53. The highest BCUT2D eigenvalue weighted by Gasteiger charge is 2.07. The molecule has 2 rings (SSSR count). The van der Waals surface area contributed by atoms with Gasteiger partial charge in [0.2, 0.25) is 5.91 Å². The fourth-order valence-electron chi connectivity index (χ4n) is 1.92. The zero-order valence-electron chi connectivity index (χ0n) is 14.2. The molecule has 0 bridgehead atoms. The van der Waals surface area contributed by atoms with Gasteiger partial charge in [-0.25, -0.2) is 0 Å². The molecule has 0 unspecified atom stereocenters. The maximum atomic E-state index is 11.8. The van der Waals surface area contributed by atoms with E-state index in [4.69, 9.17) is 16.3 Å². The summed E-state index contributed by atoms with van der Waals surface area (Å²) in [6.45, 7) is 4.00. The number of hydrogen-bond donors (Lipinski definition) is 2. The molecular formula is C19H21ClN2O3. The maximum Gasteiger partial charge on any atom is 0.258 e. The van der Waals surface area contributed by atoms with Gasteiger partial charge in [-0.15, -0.1) is 0 Å². The summed E-state index contributed by atoms with van der Waals surface area (Å²) in [6.07, 6.45) is 0. The van der Waals surface area contributed by atoms with Gasteiger partial charge in [-0.3, -0.25) is 9.59 Å². The molecule has 0 fully saturated rings. The third kappa shape index (κ3) is 6.47. The molecule has 2 aromatic carbocycles. The van der Waals surface area contributed by atoms with Crippen LogP contribution < -0.4 is 15.4 Å². The highest BCUT2D eigenvalue weighted by molar-refractivity contribution is 6.30. The van der Waals surface area contributed by atoms with Gasteiger partial charge in [0, 0.05) is 23.2 Å². The van der Waals surface area contributed by atoms with E-state index in [1.54, 1.807) is 24.3 Å². The summed E-state index contributed by atoms with van der Waals surface area (Å²) in [5, 5.41) is 6.22. The molecule has 2 aromatic rings. The van der Waals surface area contributed by atoms with Crippen LogP contribution in [-0.2, 0) is 16.1 Å². The van der Waals surface area contributed by atoms with Crippen LogP contribution in [0, 0.1) is 5.92 Å². The SMILES string of the molecule is CC(C)C(=O)Nc1ccc(CNC(=O)COc2ccc(Cl)cc2)cc1. The molecular weight excluding hydrogens is 340 g/mol. The Morgan fingerprint density at radius 2 is 1.68 bits per heavy atom. The second-order valence-corrected chi connectivity index (χ2v) is 6.30. The molecule has 0 heterocycles. The number of hydrogen-bond acceptors (Lipinski definition) is 3. The van der Waals surface area contributed by atoms with E-state index in [9.17, 15) is 9.59 Å². The number of ether oxygens (including phenoxy) is 1. The van der Waals surface area contributed by atoms with Gasteiger partial charge in [-0.2, -0.15) is 0 Å². The highest BCUT2D eigenvalue weighted by Crippen LogP contribution is 2.15. The molecule has 5 nitrogen and oxygen atoms in total. The van der Waals surface area contributed by atoms with Crippen LogP contribution in [0.4, 0.5) is 5.69 Å². The third-order valence-electron chi connectivity index (χ3n) is 3.42. The van der Waals surface area contributed by atoms with E-state index in [-0.39, 0.29) is 24.3 Å². The molecule has 0 atom stereocenters. The smallest absolute Gasteiger partial charge is 0.258 e. The van der Waals surface area contributed by atoms with Gasteiger partial charge >= 0.3 is 0 Å². The Bertz CT molecular complexity index is 712. The molecule has 25 heavy (non-hydrogen) atoms. The van der Waals surface area contributed by atoms with Crippen molar-refractivity contribution in [3.63, 3.8) is 0 Å². The number of benzene rings is 2. The Labute approximate surface area is 152 Å². The van der Waals surface area contributed by atoms with Crippen molar-refractivity contribution in [2.45, 2.75) is 20.4 Å². The number of anilines is 1. The zero-order chi connectivity index (χ0) is 18.2. The number of amides is 2. The van der Waals surface area contributed by atoms with Gasteiger partial charge in [0.1, 0.15) is 5.75 Å². The van der Waals surface area contributed by atoms with E-state index >= 15 is 0 Å². The number of carbonyl (C=O) groups is 2. The average Bonchev–Trinajstić information content (AvgIpc) is 2.60. The quantitative estimate of drug-likeness (QED) is 0.792. The summed E-state index contributed by atoms with van der Waals surface area (Å²) in [5.74, 6) is 0.275. The van der Waals surface area contributed by atoms with Crippen molar-refractivity contribution >= 4 is 29.1 Å². The Morgan fingerprint density at radius 1 is 1.04 bits per heavy atom. The van der Waals surface area contributed by atoms with Crippen molar-refractivity contribution in [1.29, 1.82) is 0 Å². The summed E-state index contributed by atoms with van der Waals surface area (Å²) < 4.78 is 5.38. The second-order valence-electron chi connectivity index (χ2n) is 5.86. The molecule has 0 spiro atoms. The van der Waals surface area contributed by atoms with Crippen LogP contribution in [0.3, 0.4) is 0 Å². The first-order valence-corrected chi connectivity index (χ1v) is 8.36. The Morgan fingerprint density at radius 3 is 2.28 bits per heavy atom. The zero-order valence-corrected chi connectivity index (χ0v) is 15.0. The first kappa shape index (κ1) is 18.8. The van der Waals surface area contributed by atoms with Crippen LogP contribution >= 0.6 is 11.6 Å². The second kappa shape index (κ2) is 9.08. The number of carbonyl (C=O) groups excluding carboxylic acids is 2. The van der Waals surface area contributed by atoms with Gasteiger partial charge in [-0.1, -0.05) is 37.6 Å².